The number of aliphatic carboxylic acids is 1. The Balaban J connectivity index is 0.000000345. The second-order valence-corrected chi connectivity index (χ2v) is 5.78. The third kappa shape index (κ3) is 5.06. The first kappa shape index (κ1) is 20.9. The van der Waals surface area contributed by atoms with Gasteiger partial charge in [-0.05, 0) is 12.5 Å². The first-order chi connectivity index (χ1) is 13.3. The van der Waals surface area contributed by atoms with Crippen molar-refractivity contribution >= 4 is 17.0 Å². The number of nitriles is 1. The van der Waals surface area contributed by atoms with Crippen molar-refractivity contribution in [2.24, 2.45) is 0 Å². The van der Waals surface area contributed by atoms with Crippen LogP contribution in [0.5, 0.6) is 0 Å². The quantitative estimate of drug-likeness (QED) is 0.681. The minimum absolute atomic E-state index is 0.123. The molecule has 0 saturated heterocycles. The number of aromatic amines is 1. The molecule has 3 aromatic heterocycles. The Morgan fingerprint density at radius 3 is 2.75 bits per heavy atom. The number of aromatic nitrogens is 5. The Hall–Kier alpha value is -3.42. The molecule has 3 rings (SSSR count). The lowest BCUT2D eigenvalue weighted by Gasteiger charge is -2.12. The Morgan fingerprint density at radius 2 is 2.14 bits per heavy atom. The summed E-state index contributed by atoms with van der Waals surface area (Å²) in [4.78, 5) is 20.5. The zero-order chi connectivity index (χ0) is 20.7. The van der Waals surface area contributed by atoms with Crippen molar-refractivity contribution in [3.05, 3.63) is 31.0 Å². The highest BCUT2D eigenvalue weighted by molar-refractivity contribution is 5.89. The normalized spacial score (nSPS) is 12.1. The Labute approximate surface area is 157 Å². The van der Waals surface area contributed by atoms with Crippen molar-refractivity contribution in [1.29, 1.82) is 5.26 Å². The van der Waals surface area contributed by atoms with Gasteiger partial charge in [-0.1, -0.05) is 13.3 Å². The van der Waals surface area contributed by atoms with E-state index >= 15 is 0 Å². The summed E-state index contributed by atoms with van der Waals surface area (Å²) in [5.41, 5.74) is 2.62. The van der Waals surface area contributed by atoms with Gasteiger partial charge < -0.3 is 10.1 Å². The molecule has 0 amide bonds. The number of H-pyrrole nitrogens is 1. The fraction of sp³-hybridized carbons (Fsp3) is 0.353. The van der Waals surface area contributed by atoms with Crippen LogP contribution in [0.1, 0.15) is 32.2 Å². The largest absolute Gasteiger partial charge is 0.490 e. The molecule has 0 unspecified atom stereocenters. The van der Waals surface area contributed by atoms with Crippen LogP contribution in [-0.2, 0) is 4.79 Å². The fourth-order valence-corrected chi connectivity index (χ4v) is 2.53. The van der Waals surface area contributed by atoms with Gasteiger partial charge in [-0.25, -0.2) is 14.8 Å². The van der Waals surface area contributed by atoms with Crippen molar-refractivity contribution < 1.29 is 23.1 Å². The Bertz CT molecular complexity index is 973. The monoisotopic (exact) mass is 394 g/mol. The van der Waals surface area contributed by atoms with Gasteiger partial charge in [0.25, 0.3) is 0 Å². The maximum Gasteiger partial charge on any atom is 0.490 e. The van der Waals surface area contributed by atoms with E-state index in [1.165, 1.54) is 0 Å². The maximum absolute atomic E-state index is 10.6. The number of fused-ring (bicyclic) bond motifs is 1. The number of nitrogens with zero attached hydrogens (tertiary/aromatic N) is 5. The van der Waals surface area contributed by atoms with Crippen molar-refractivity contribution in [3.8, 4) is 17.3 Å². The van der Waals surface area contributed by atoms with E-state index < -0.39 is 12.1 Å². The minimum Gasteiger partial charge on any atom is -0.475 e. The molecule has 11 heteroatoms. The van der Waals surface area contributed by atoms with Gasteiger partial charge in [0.1, 0.15) is 12.0 Å². The fourth-order valence-electron chi connectivity index (χ4n) is 2.53. The van der Waals surface area contributed by atoms with Crippen molar-refractivity contribution in [1.82, 2.24) is 24.7 Å². The van der Waals surface area contributed by atoms with Gasteiger partial charge in [0.2, 0.25) is 0 Å². The molecule has 148 valence electrons. The number of hydrogen-bond acceptors (Lipinski definition) is 5. The van der Waals surface area contributed by atoms with Crippen LogP contribution in [0.4, 0.5) is 13.2 Å². The highest BCUT2D eigenvalue weighted by Crippen LogP contribution is 2.26. The number of halogens is 3. The van der Waals surface area contributed by atoms with Crippen molar-refractivity contribution in [3.63, 3.8) is 0 Å². The van der Waals surface area contributed by atoms with Crippen LogP contribution in [0, 0.1) is 11.3 Å². The number of rotatable bonds is 5. The van der Waals surface area contributed by atoms with Crippen LogP contribution in [0.15, 0.2) is 31.0 Å². The van der Waals surface area contributed by atoms with Gasteiger partial charge in [-0.2, -0.15) is 23.5 Å². The van der Waals surface area contributed by atoms with Crippen molar-refractivity contribution in [2.45, 2.75) is 38.4 Å². The molecule has 28 heavy (non-hydrogen) atoms. The van der Waals surface area contributed by atoms with Crippen LogP contribution < -0.4 is 0 Å². The summed E-state index contributed by atoms with van der Waals surface area (Å²) in [6, 6.07) is 4.32. The molecule has 0 aliphatic heterocycles. The molecular formula is C17H17F3N6O2. The smallest absolute Gasteiger partial charge is 0.475 e. The molecule has 0 aliphatic rings. The summed E-state index contributed by atoms with van der Waals surface area (Å²) < 4.78 is 33.6. The predicted octanol–water partition coefficient (Wildman–Crippen LogP) is 3.71. The topological polar surface area (TPSA) is 120 Å². The van der Waals surface area contributed by atoms with E-state index in [1.54, 1.807) is 12.5 Å². The number of nitrogens with one attached hydrogen (secondary N) is 1. The maximum atomic E-state index is 10.6. The molecule has 0 aliphatic carbocycles. The van der Waals surface area contributed by atoms with Gasteiger partial charge in [0.15, 0.2) is 0 Å². The first-order valence-corrected chi connectivity index (χ1v) is 8.27. The van der Waals surface area contributed by atoms with Crippen LogP contribution in [0.3, 0.4) is 0 Å². The Kier molecular flexibility index (Phi) is 6.70. The van der Waals surface area contributed by atoms with Crippen LogP contribution in [-0.4, -0.2) is 42.0 Å². The van der Waals surface area contributed by atoms with E-state index in [9.17, 15) is 13.2 Å². The number of carboxylic acid groups (broad SMARTS) is 1. The number of hydrogen-bond donors (Lipinski definition) is 2. The van der Waals surface area contributed by atoms with Gasteiger partial charge in [-0.3, -0.25) is 4.68 Å². The zero-order valence-corrected chi connectivity index (χ0v) is 14.8. The summed E-state index contributed by atoms with van der Waals surface area (Å²) in [6.45, 7) is 2.11. The molecule has 0 saturated carbocycles. The van der Waals surface area contributed by atoms with Crippen LogP contribution >= 0.6 is 0 Å². The summed E-state index contributed by atoms with van der Waals surface area (Å²) in [6.07, 6.45) is 4.52. The van der Waals surface area contributed by atoms with E-state index in [-0.39, 0.29) is 6.04 Å². The lowest BCUT2D eigenvalue weighted by atomic mass is 10.1. The molecule has 3 aromatic rings. The molecular weight excluding hydrogens is 377 g/mol. The molecule has 0 aromatic carbocycles. The molecule has 2 N–H and O–H groups in total. The molecule has 0 fully saturated rings. The standard InChI is InChI=1S/C15H16N6.C2HF3O2/c1-2-3-12(4-6-16)21-9-11(8-20-21)14-13-5-7-17-15(13)19-10-18-14;3-2(4,5)1(6)7/h5,7-10,12H,2-4H2,1H3,(H,17,18,19);(H,6,7)/t12-;/m0./s1. The second-order valence-electron chi connectivity index (χ2n) is 5.78. The molecule has 0 bridgehead atoms. The van der Waals surface area contributed by atoms with E-state index in [1.807, 2.05) is 23.1 Å². The van der Waals surface area contributed by atoms with Crippen LogP contribution in [0.25, 0.3) is 22.3 Å². The zero-order valence-electron chi connectivity index (χ0n) is 14.8. The average Bonchev–Trinajstić information content (AvgIpc) is 3.30. The highest BCUT2D eigenvalue weighted by Gasteiger charge is 2.38. The Morgan fingerprint density at radius 1 is 1.43 bits per heavy atom. The summed E-state index contributed by atoms with van der Waals surface area (Å²) in [7, 11) is 0. The number of carboxylic acids is 1. The molecule has 1 atom stereocenters. The summed E-state index contributed by atoms with van der Waals surface area (Å²) in [5.74, 6) is -2.76. The molecule has 0 radical (unpaired) electrons. The predicted molar refractivity (Wildman–Crippen MR) is 93.0 cm³/mol. The third-order valence-electron chi connectivity index (χ3n) is 3.79. The molecule has 0 spiro atoms. The average molecular weight is 394 g/mol. The van der Waals surface area contributed by atoms with Gasteiger partial charge in [-0.15, -0.1) is 0 Å². The molecule has 3 heterocycles. The third-order valence-corrected chi connectivity index (χ3v) is 3.79. The lowest BCUT2D eigenvalue weighted by molar-refractivity contribution is -0.192. The van der Waals surface area contributed by atoms with Crippen LogP contribution in [0.2, 0.25) is 0 Å². The number of carbonyl (C=O) groups is 1. The van der Waals surface area contributed by atoms with E-state index in [4.69, 9.17) is 15.2 Å². The van der Waals surface area contributed by atoms with Gasteiger partial charge >= 0.3 is 12.1 Å². The second kappa shape index (κ2) is 8.98. The van der Waals surface area contributed by atoms with Gasteiger partial charge in [0, 0.05) is 23.3 Å². The minimum atomic E-state index is -5.08. The van der Waals surface area contributed by atoms with Gasteiger partial charge in [0.05, 0.1) is 30.4 Å². The SMILES string of the molecule is CCC[C@@H](CC#N)n1cc(-c2ncnc3[nH]ccc23)cn1.O=C(O)C(F)(F)F. The summed E-state index contributed by atoms with van der Waals surface area (Å²) in [5, 5.41) is 21.5. The van der Waals surface area contributed by atoms with Crippen molar-refractivity contribution in [2.75, 3.05) is 0 Å². The highest BCUT2D eigenvalue weighted by atomic mass is 19.4. The van der Waals surface area contributed by atoms with E-state index in [2.05, 4.69) is 33.0 Å². The van der Waals surface area contributed by atoms with E-state index in [0.717, 1.165) is 35.1 Å². The first-order valence-electron chi connectivity index (χ1n) is 8.27. The summed E-state index contributed by atoms with van der Waals surface area (Å²) >= 11 is 0. The lowest BCUT2D eigenvalue weighted by Crippen LogP contribution is -2.21. The van der Waals surface area contributed by atoms with E-state index in [0.29, 0.717) is 6.42 Å². The molecule has 8 nitrogen and oxygen atoms in total. The number of alkyl halides is 3.